The van der Waals surface area contributed by atoms with Gasteiger partial charge in [-0.2, -0.15) is 0 Å². The molecule has 2 N–H and O–H groups in total. The maximum absolute atomic E-state index is 14.0. The van der Waals surface area contributed by atoms with Gasteiger partial charge in [-0.25, -0.2) is 17.2 Å². The molecule has 1 atom stereocenters. The summed E-state index contributed by atoms with van der Waals surface area (Å²) in [5.41, 5.74) is 1.23. The quantitative estimate of drug-likeness (QED) is 0.316. The standard InChI is InChI=1S/C26H23Cl2NO5S/c1-26(2,3)17-5-4-6-18(13-17)35(33,34)29-21-12-11-20(27)23(28)19(21)14-22(29)24(30)15-7-9-16(10-8-15)25(31)32/h4-14,24,30H,1-3H3,(H,31,32). The lowest BCUT2D eigenvalue weighted by atomic mass is 9.87. The Morgan fingerprint density at radius 1 is 0.971 bits per heavy atom. The highest BCUT2D eigenvalue weighted by Gasteiger charge is 2.29. The van der Waals surface area contributed by atoms with E-state index in [9.17, 15) is 18.3 Å². The first kappa shape index (κ1) is 25.3. The maximum Gasteiger partial charge on any atom is 0.335 e. The number of fused-ring (bicyclic) bond motifs is 1. The lowest BCUT2D eigenvalue weighted by molar-refractivity contribution is 0.0696. The normalized spacial score (nSPS) is 13.2. The predicted molar refractivity (Wildman–Crippen MR) is 137 cm³/mol. The van der Waals surface area contributed by atoms with Crippen LogP contribution in [-0.4, -0.2) is 28.6 Å². The van der Waals surface area contributed by atoms with Gasteiger partial charge < -0.3 is 10.2 Å². The van der Waals surface area contributed by atoms with Crippen molar-refractivity contribution in [1.29, 1.82) is 0 Å². The summed E-state index contributed by atoms with van der Waals surface area (Å²) in [7, 11) is -4.18. The summed E-state index contributed by atoms with van der Waals surface area (Å²) in [6, 6.07) is 16.8. The summed E-state index contributed by atoms with van der Waals surface area (Å²) in [5.74, 6) is -1.11. The van der Waals surface area contributed by atoms with Crippen LogP contribution < -0.4 is 0 Å². The molecule has 4 rings (SSSR count). The summed E-state index contributed by atoms with van der Waals surface area (Å²) >= 11 is 12.6. The van der Waals surface area contributed by atoms with Gasteiger partial charge in [0.2, 0.25) is 0 Å². The topological polar surface area (TPSA) is 96.6 Å². The molecule has 35 heavy (non-hydrogen) atoms. The first-order valence-electron chi connectivity index (χ1n) is 10.7. The minimum absolute atomic E-state index is 0.0444. The van der Waals surface area contributed by atoms with Crippen LogP contribution in [0.15, 0.2) is 71.6 Å². The van der Waals surface area contributed by atoms with Crippen LogP contribution in [0.4, 0.5) is 0 Å². The molecule has 9 heteroatoms. The third kappa shape index (κ3) is 4.57. The largest absolute Gasteiger partial charge is 0.478 e. The average Bonchev–Trinajstić information content (AvgIpc) is 3.22. The van der Waals surface area contributed by atoms with Gasteiger partial charge in [-0.05, 0) is 59.0 Å². The third-order valence-electron chi connectivity index (χ3n) is 5.85. The van der Waals surface area contributed by atoms with Gasteiger partial charge in [0.15, 0.2) is 0 Å². The van der Waals surface area contributed by atoms with Crippen molar-refractivity contribution < 1.29 is 23.4 Å². The molecule has 1 aromatic heterocycles. The first-order chi connectivity index (χ1) is 16.3. The lowest BCUT2D eigenvalue weighted by Crippen LogP contribution is -2.19. The Morgan fingerprint density at radius 3 is 2.23 bits per heavy atom. The van der Waals surface area contributed by atoms with E-state index in [1.807, 2.05) is 26.8 Å². The molecule has 0 bridgehead atoms. The second-order valence-corrected chi connectivity index (χ2v) is 11.8. The van der Waals surface area contributed by atoms with Crippen molar-refractivity contribution in [3.63, 3.8) is 0 Å². The molecule has 182 valence electrons. The van der Waals surface area contributed by atoms with Gasteiger partial charge in [0.05, 0.1) is 31.7 Å². The fourth-order valence-electron chi connectivity index (χ4n) is 3.88. The molecule has 1 unspecified atom stereocenters. The van der Waals surface area contributed by atoms with Crippen molar-refractivity contribution in [3.8, 4) is 0 Å². The van der Waals surface area contributed by atoms with Crippen molar-refractivity contribution >= 4 is 50.1 Å². The van der Waals surface area contributed by atoms with E-state index in [1.165, 1.54) is 42.5 Å². The number of rotatable bonds is 5. The molecular formula is C26H23Cl2NO5S. The van der Waals surface area contributed by atoms with E-state index in [0.717, 1.165) is 9.54 Å². The first-order valence-corrected chi connectivity index (χ1v) is 12.9. The number of carboxylic acid groups (broad SMARTS) is 1. The number of nitrogens with zero attached hydrogens (tertiary/aromatic N) is 1. The van der Waals surface area contributed by atoms with Crippen LogP contribution >= 0.6 is 23.2 Å². The van der Waals surface area contributed by atoms with Crippen molar-refractivity contribution in [2.24, 2.45) is 0 Å². The van der Waals surface area contributed by atoms with E-state index in [1.54, 1.807) is 18.2 Å². The number of carbonyl (C=O) groups is 1. The number of hydrogen-bond donors (Lipinski definition) is 2. The van der Waals surface area contributed by atoms with Crippen LogP contribution in [0.3, 0.4) is 0 Å². The Kier molecular flexibility index (Phi) is 6.49. The van der Waals surface area contributed by atoms with Gasteiger partial charge >= 0.3 is 5.97 Å². The molecule has 0 amide bonds. The van der Waals surface area contributed by atoms with E-state index >= 15 is 0 Å². The smallest absolute Gasteiger partial charge is 0.335 e. The molecule has 0 spiro atoms. The predicted octanol–water partition coefficient (Wildman–Crippen LogP) is 6.26. The van der Waals surface area contributed by atoms with Crippen LogP contribution in [0.5, 0.6) is 0 Å². The molecule has 0 saturated heterocycles. The molecule has 6 nitrogen and oxygen atoms in total. The Bertz CT molecular complexity index is 1550. The monoisotopic (exact) mass is 531 g/mol. The van der Waals surface area contributed by atoms with E-state index in [-0.39, 0.29) is 37.1 Å². The molecule has 4 aromatic rings. The number of aromatic nitrogens is 1. The zero-order chi connectivity index (χ0) is 25.7. The van der Waals surface area contributed by atoms with Gasteiger partial charge in [-0.15, -0.1) is 0 Å². The molecule has 0 aliphatic heterocycles. The minimum Gasteiger partial charge on any atom is -0.478 e. The minimum atomic E-state index is -4.18. The summed E-state index contributed by atoms with van der Waals surface area (Å²) in [6.45, 7) is 5.96. The number of halogens is 2. The highest BCUT2D eigenvalue weighted by atomic mass is 35.5. The molecule has 1 heterocycles. The molecule has 0 saturated carbocycles. The van der Waals surface area contributed by atoms with E-state index < -0.39 is 22.1 Å². The average molecular weight is 532 g/mol. The van der Waals surface area contributed by atoms with Crippen molar-refractivity contribution in [3.05, 3.63) is 99.2 Å². The number of aliphatic hydroxyl groups is 1. The number of aromatic carboxylic acids is 1. The Balaban J connectivity index is 1.97. The van der Waals surface area contributed by atoms with Crippen molar-refractivity contribution in [1.82, 2.24) is 3.97 Å². The van der Waals surface area contributed by atoms with Crippen LogP contribution in [0, 0.1) is 0 Å². The molecule has 0 fully saturated rings. The van der Waals surface area contributed by atoms with Gasteiger partial charge in [0, 0.05) is 5.39 Å². The zero-order valence-electron chi connectivity index (χ0n) is 19.2. The van der Waals surface area contributed by atoms with E-state index in [0.29, 0.717) is 10.9 Å². The summed E-state index contributed by atoms with van der Waals surface area (Å²) in [5, 5.41) is 21.2. The van der Waals surface area contributed by atoms with Crippen molar-refractivity contribution in [2.45, 2.75) is 37.2 Å². The van der Waals surface area contributed by atoms with E-state index in [4.69, 9.17) is 28.3 Å². The Morgan fingerprint density at radius 2 is 1.63 bits per heavy atom. The fraction of sp³-hybridized carbons (Fsp3) is 0.192. The maximum atomic E-state index is 14.0. The second-order valence-electron chi connectivity index (χ2n) is 9.24. The van der Waals surface area contributed by atoms with Gasteiger partial charge in [0.1, 0.15) is 6.10 Å². The molecule has 3 aromatic carbocycles. The highest BCUT2D eigenvalue weighted by molar-refractivity contribution is 7.90. The van der Waals surface area contributed by atoms with Crippen LogP contribution in [0.25, 0.3) is 10.9 Å². The summed E-state index contributed by atoms with van der Waals surface area (Å²) < 4.78 is 29.0. The molecule has 0 aliphatic rings. The number of aliphatic hydroxyl groups excluding tert-OH is 1. The molecular weight excluding hydrogens is 509 g/mol. The highest BCUT2D eigenvalue weighted by Crippen LogP contribution is 2.38. The summed E-state index contributed by atoms with van der Waals surface area (Å²) in [6.07, 6.45) is -1.39. The lowest BCUT2D eigenvalue weighted by Gasteiger charge is -2.21. The summed E-state index contributed by atoms with van der Waals surface area (Å²) in [4.78, 5) is 11.3. The van der Waals surface area contributed by atoms with Gasteiger partial charge in [0.25, 0.3) is 10.0 Å². The Hall–Kier alpha value is -2.84. The number of benzene rings is 3. The van der Waals surface area contributed by atoms with Gasteiger partial charge in [-0.3, -0.25) is 0 Å². The van der Waals surface area contributed by atoms with Crippen LogP contribution in [0.1, 0.15) is 54.1 Å². The second kappa shape index (κ2) is 8.99. The number of carboxylic acids is 1. The van der Waals surface area contributed by atoms with E-state index in [2.05, 4.69) is 0 Å². The zero-order valence-corrected chi connectivity index (χ0v) is 21.5. The number of hydrogen-bond acceptors (Lipinski definition) is 4. The SMILES string of the molecule is CC(C)(C)c1cccc(S(=O)(=O)n2c(C(O)c3ccc(C(=O)O)cc3)cc3c(Cl)c(Cl)ccc32)c1. The third-order valence-corrected chi connectivity index (χ3v) is 8.40. The fourth-order valence-corrected chi connectivity index (χ4v) is 5.85. The van der Waals surface area contributed by atoms with Crippen LogP contribution in [-0.2, 0) is 15.4 Å². The van der Waals surface area contributed by atoms with Gasteiger partial charge in [-0.1, -0.05) is 68.2 Å². The van der Waals surface area contributed by atoms with Crippen molar-refractivity contribution in [2.75, 3.05) is 0 Å². The Labute approximate surface area is 213 Å². The molecule has 0 radical (unpaired) electrons. The molecule has 0 aliphatic carbocycles. The van der Waals surface area contributed by atoms with Crippen LogP contribution in [0.2, 0.25) is 10.0 Å².